The number of carbonyl (C=O) groups is 2. The molecule has 10 heteroatoms. The molecule has 1 fully saturated rings. The number of carbonyl (C=O) groups excluding carboxylic acids is 2. The molecule has 1 aliphatic rings. The fraction of sp³-hybridized carbons (Fsp3) is 0.250. The molecular formula is C20H19N3O5S2. The number of sulfone groups is 1. The zero-order chi connectivity index (χ0) is 21.3. The number of anilines is 1. The minimum absolute atomic E-state index is 0.0635. The minimum atomic E-state index is -3.34. The summed E-state index contributed by atoms with van der Waals surface area (Å²) in [7, 11) is -3.34. The zero-order valence-corrected chi connectivity index (χ0v) is 17.7. The Labute approximate surface area is 177 Å². The first-order chi connectivity index (χ1) is 14.3. The van der Waals surface area contributed by atoms with Crippen molar-refractivity contribution in [2.75, 3.05) is 24.8 Å². The number of fused-ring (bicyclic) bond motifs is 1. The van der Waals surface area contributed by atoms with Gasteiger partial charge in [0, 0.05) is 12.8 Å². The van der Waals surface area contributed by atoms with Crippen LogP contribution in [0.4, 0.5) is 5.13 Å². The van der Waals surface area contributed by atoms with E-state index < -0.39 is 21.8 Å². The Balaban J connectivity index is 1.54. The summed E-state index contributed by atoms with van der Waals surface area (Å²) in [5.74, 6) is -0.659. The highest BCUT2D eigenvalue weighted by Crippen LogP contribution is 2.28. The monoisotopic (exact) mass is 445 g/mol. The van der Waals surface area contributed by atoms with E-state index in [2.05, 4.69) is 10.3 Å². The fourth-order valence-electron chi connectivity index (χ4n) is 3.18. The summed E-state index contributed by atoms with van der Waals surface area (Å²) in [5.41, 5.74) is 1.50. The maximum absolute atomic E-state index is 12.9. The van der Waals surface area contributed by atoms with E-state index in [4.69, 9.17) is 4.74 Å². The van der Waals surface area contributed by atoms with Gasteiger partial charge in [0.25, 0.3) is 5.91 Å². The van der Waals surface area contributed by atoms with Gasteiger partial charge >= 0.3 is 0 Å². The molecule has 0 aliphatic carbocycles. The van der Waals surface area contributed by atoms with Gasteiger partial charge in [0.1, 0.15) is 12.6 Å². The number of hydrogen-bond acceptors (Lipinski definition) is 7. The molecule has 0 bridgehead atoms. The van der Waals surface area contributed by atoms with Crippen molar-refractivity contribution in [3.05, 3.63) is 54.1 Å². The molecule has 3 aromatic rings. The van der Waals surface area contributed by atoms with E-state index in [1.54, 1.807) is 6.07 Å². The Morgan fingerprint density at radius 2 is 2.03 bits per heavy atom. The van der Waals surface area contributed by atoms with Crippen LogP contribution in [0.25, 0.3) is 10.2 Å². The summed E-state index contributed by atoms with van der Waals surface area (Å²) >= 11 is 1.17. The summed E-state index contributed by atoms with van der Waals surface area (Å²) in [6.07, 6.45) is 1.14. The SMILES string of the molecule is CS(=O)(=O)c1ccc2nc(NC(=O)[C@H]3COCC(=O)N3Cc3ccccc3)sc2c1. The molecule has 1 aromatic heterocycles. The second kappa shape index (κ2) is 8.13. The second-order valence-electron chi connectivity index (χ2n) is 6.95. The number of ether oxygens (including phenoxy) is 1. The van der Waals surface area contributed by atoms with Crippen LogP contribution in [0.15, 0.2) is 53.4 Å². The number of benzene rings is 2. The number of nitrogens with one attached hydrogen (secondary N) is 1. The van der Waals surface area contributed by atoms with Crippen molar-refractivity contribution >= 4 is 48.3 Å². The van der Waals surface area contributed by atoms with Gasteiger partial charge in [-0.05, 0) is 23.8 Å². The standard InChI is InChI=1S/C20H19N3O5S2/c1-30(26,27)14-7-8-15-17(9-14)29-20(21-15)22-19(25)16-11-28-12-18(24)23(16)10-13-5-3-2-4-6-13/h2-9,16H,10-12H2,1H3,(H,21,22,25)/t16-/m1/s1. The van der Waals surface area contributed by atoms with Crippen LogP contribution in [-0.2, 0) is 30.7 Å². The van der Waals surface area contributed by atoms with E-state index in [-0.39, 0.29) is 24.0 Å². The summed E-state index contributed by atoms with van der Waals surface area (Å²) in [6, 6.07) is 13.3. The molecule has 1 N–H and O–H groups in total. The van der Waals surface area contributed by atoms with Crippen LogP contribution < -0.4 is 5.32 Å². The van der Waals surface area contributed by atoms with Gasteiger partial charge in [-0.3, -0.25) is 9.59 Å². The number of amides is 2. The first-order valence-corrected chi connectivity index (χ1v) is 11.8. The predicted octanol–water partition coefficient (Wildman–Crippen LogP) is 2.07. The van der Waals surface area contributed by atoms with E-state index >= 15 is 0 Å². The van der Waals surface area contributed by atoms with E-state index in [1.165, 1.54) is 28.4 Å². The Bertz CT molecular complexity index is 1210. The smallest absolute Gasteiger partial charge is 0.251 e. The van der Waals surface area contributed by atoms with Gasteiger partial charge in [0.15, 0.2) is 15.0 Å². The average Bonchev–Trinajstić information content (AvgIpc) is 3.11. The Morgan fingerprint density at radius 1 is 1.27 bits per heavy atom. The lowest BCUT2D eigenvalue weighted by atomic mass is 10.1. The van der Waals surface area contributed by atoms with Crippen molar-refractivity contribution in [3.63, 3.8) is 0 Å². The van der Waals surface area contributed by atoms with Crippen molar-refractivity contribution in [2.45, 2.75) is 17.5 Å². The third kappa shape index (κ3) is 4.35. The molecule has 1 atom stereocenters. The lowest BCUT2D eigenvalue weighted by molar-refractivity contribution is -0.154. The third-order valence-corrected chi connectivity index (χ3v) is 6.76. The van der Waals surface area contributed by atoms with Crippen molar-refractivity contribution in [1.82, 2.24) is 9.88 Å². The Morgan fingerprint density at radius 3 is 2.77 bits per heavy atom. The number of rotatable bonds is 5. The molecule has 1 saturated heterocycles. The molecule has 0 radical (unpaired) electrons. The summed E-state index contributed by atoms with van der Waals surface area (Å²) in [6.45, 7) is 0.332. The van der Waals surface area contributed by atoms with Gasteiger partial charge in [-0.15, -0.1) is 0 Å². The highest BCUT2D eigenvalue weighted by atomic mass is 32.2. The number of thiazole rings is 1. The van der Waals surface area contributed by atoms with Crippen molar-refractivity contribution in [2.24, 2.45) is 0 Å². The predicted molar refractivity (Wildman–Crippen MR) is 113 cm³/mol. The Hall–Kier alpha value is -2.82. The topological polar surface area (TPSA) is 106 Å². The molecule has 0 spiro atoms. The van der Waals surface area contributed by atoms with Gasteiger partial charge in [-0.25, -0.2) is 13.4 Å². The number of hydrogen-bond donors (Lipinski definition) is 1. The molecule has 1 aliphatic heterocycles. The van der Waals surface area contributed by atoms with Gasteiger partial charge < -0.3 is 15.0 Å². The lowest BCUT2D eigenvalue weighted by Gasteiger charge is -2.34. The fourth-order valence-corrected chi connectivity index (χ4v) is 4.81. The zero-order valence-electron chi connectivity index (χ0n) is 16.1. The molecule has 30 heavy (non-hydrogen) atoms. The molecular weight excluding hydrogens is 426 g/mol. The summed E-state index contributed by atoms with van der Waals surface area (Å²) in [4.78, 5) is 31.3. The normalized spacial score (nSPS) is 17.3. The third-order valence-electron chi connectivity index (χ3n) is 4.71. The van der Waals surface area contributed by atoms with Crippen LogP contribution in [0, 0.1) is 0 Å². The minimum Gasteiger partial charge on any atom is -0.369 e. The lowest BCUT2D eigenvalue weighted by Crippen LogP contribution is -2.54. The molecule has 0 unspecified atom stereocenters. The second-order valence-corrected chi connectivity index (χ2v) is 9.99. The van der Waals surface area contributed by atoms with E-state index in [1.807, 2.05) is 30.3 Å². The van der Waals surface area contributed by atoms with Crippen LogP contribution in [0.1, 0.15) is 5.56 Å². The molecule has 0 saturated carbocycles. The van der Waals surface area contributed by atoms with E-state index in [9.17, 15) is 18.0 Å². The first kappa shape index (κ1) is 20.5. The summed E-state index contributed by atoms with van der Waals surface area (Å²) in [5, 5.41) is 3.07. The van der Waals surface area contributed by atoms with Crippen molar-refractivity contribution in [1.29, 1.82) is 0 Å². The molecule has 2 heterocycles. The van der Waals surface area contributed by atoms with Crippen LogP contribution >= 0.6 is 11.3 Å². The molecule has 2 amide bonds. The van der Waals surface area contributed by atoms with Crippen LogP contribution in [0.2, 0.25) is 0 Å². The molecule has 2 aromatic carbocycles. The van der Waals surface area contributed by atoms with Gasteiger partial charge in [-0.2, -0.15) is 0 Å². The van der Waals surface area contributed by atoms with Gasteiger partial charge in [0.2, 0.25) is 5.91 Å². The van der Waals surface area contributed by atoms with E-state index in [0.717, 1.165) is 11.8 Å². The highest BCUT2D eigenvalue weighted by molar-refractivity contribution is 7.90. The summed E-state index contributed by atoms with van der Waals surface area (Å²) < 4.78 is 29.4. The maximum Gasteiger partial charge on any atom is 0.251 e. The van der Waals surface area contributed by atoms with Crippen molar-refractivity contribution < 1.29 is 22.7 Å². The van der Waals surface area contributed by atoms with Crippen LogP contribution in [-0.4, -0.2) is 55.6 Å². The average molecular weight is 446 g/mol. The number of nitrogens with zero attached hydrogens (tertiary/aromatic N) is 2. The molecule has 4 rings (SSSR count). The van der Waals surface area contributed by atoms with Crippen LogP contribution in [0.3, 0.4) is 0 Å². The Kier molecular flexibility index (Phi) is 5.54. The number of aromatic nitrogens is 1. The van der Waals surface area contributed by atoms with Crippen molar-refractivity contribution in [3.8, 4) is 0 Å². The molecule has 156 valence electrons. The number of morpholine rings is 1. The van der Waals surface area contributed by atoms with Gasteiger partial charge in [-0.1, -0.05) is 41.7 Å². The maximum atomic E-state index is 12.9. The van der Waals surface area contributed by atoms with E-state index in [0.29, 0.717) is 21.9 Å². The highest BCUT2D eigenvalue weighted by Gasteiger charge is 2.34. The van der Waals surface area contributed by atoms with Crippen LogP contribution in [0.5, 0.6) is 0 Å². The molecule has 8 nitrogen and oxygen atoms in total. The van der Waals surface area contributed by atoms with Gasteiger partial charge in [0.05, 0.1) is 21.7 Å². The largest absolute Gasteiger partial charge is 0.369 e. The first-order valence-electron chi connectivity index (χ1n) is 9.14. The quantitative estimate of drug-likeness (QED) is 0.645.